The third kappa shape index (κ3) is 3.22. The number of rotatable bonds is 4. The van der Waals surface area contributed by atoms with Crippen LogP contribution in [0.15, 0.2) is 34.8 Å². The second kappa shape index (κ2) is 6.50. The fraction of sp³-hybridized carbons (Fsp3) is 0.294. The predicted molar refractivity (Wildman–Crippen MR) is 87.2 cm³/mol. The quantitative estimate of drug-likeness (QED) is 0.899. The first-order chi connectivity index (χ1) is 9.97. The van der Waals surface area contributed by atoms with E-state index in [4.69, 9.17) is 9.47 Å². The lowest BCUT2D eigenvalue weighted by Gasteiger charge is -2.18. The molecule has 2 rings (SSSR count). The summed E-state index contributed by atoms with van der Waals surface area (Å²) in [6.45, 7) is 3.95. The Hall–Kier alpha value is -1.52. The van der Waals surface area contributed by atoms with Gasteiger partial charge in [-0.2, -0.15) is 0 Å². The maximum absolute atomic E-state index is 10.7. The molecule has 0 aliphatic carbocycles. The van der Waals surface area contributed by atoms with Crippen LogP contribution in [0.5, 0.6) is 11.5 Å². The van der Waals surface area contributed by atoms with Gasteiger partial charge in [0.15, 0.2) is 0 Å². The summed E-state index contributed by atoms with van der Waals surface area (Å²) in [7, 11) is 3.26. The summed E-state index contributed by atoms with van der Waals surface area (Å²) in [5.74, 6) is 1.51. The molecule has 1 N–H and O–H groups in total. The average Bonchev–Trinajstić information content (AvgIpc) is 2.46. The molecule has 0 spiro atoms. The smallest absolute Gasteiger partial charge is 0.126 e. The molecule has 2 aromatic carbocycles. The third-order valence-corrected chi connectivity index (χ3v) is 3.99. The van der Waals surface area contributed by atoms with Crippen LogP contribution in [-0.2, 0) is 0 Å². The summed E-state index contributed by atoms with van der Waals surface area (Å²) in [4.78, 5) is 0. The number of aliphatic hydroxyl groups excluding tert-OH is 1. The molecule has 4 heteroatoms. The first-order valence-corrected chi connectivity index (χ1v) is 7.44. The van der Waals surface area contributed by atoms with Gasteiger partial charge in [-0.05, 0) is 54.8 Å². The van der Waals surface area contributed by atoms with Crippen molar-refractivity contribution >= 4 is 15.9 Å². The van der Waals surface area contributed by atoms with Crippen LogP contribution < -0.4 is 9.47 Å². The number of aliphatic hydroxyl groups is 1. The second-order valence-electron chi connectivity index (χ2n) is 4.98. The van der Waals surface area contributed by atoms with Crippen LogP contribution in [0.3, 0.4) is 0 Å². The van der Waals surface area contributed by atoms with Gasteiger partial charge < -0.3 is 14.6 Å². The lowest BCUT2D eigenvalue weighted by Crippen LogP contribution is -2.04. The van der Waals surface area contributed by atoms with E-state index in [1.807, 2.05) is 44.2 Å². The average molecular weight is 351 g/mol. The number of halogens is 1. The summed E-state index contributed by atoms with van der Waals surface area (Å²) < 4.78 is 11.6. The van der Waals surface area contributed by atoms with Gasteiger partial charge in [-0.25, -0.2) is 0 Å². The highest BCUT2D eigenvalue weighted by molar-refractivity contribution is 9.10. The molecule has 0 aromatic heterocycles. The molecule has 0 bridgehead atoms. The SMILES string of the molecule is COc1cc(Br)ccc1C(O)c1cc(C)c(OC)c(C)c1. The van der Waals surface area contributed by atoms with E-state index in [1.54, 1.807) is 14.2 Å². The molecule has 0 fully saturated rings. The molecule has 2 aromatic rings. The summed E-state index contributed by atoms with van der Waals surface area (Å²) >= 11 is 3.41. The lowest BCUT2D eigenvalue weighted by molar-refractivity contribution is 0.214. The molecule has 1 atom stereocenters. The largest absolute Gasteiger partial charge is 0.496 e. The summed E-state index contributed by atoms with van der Waals surface area (Å²) in [6, 6.07) is 9.49. The van der Waals surface area contributed by atoms with E-state index in [2.05, 4.69) is 15.9 Å². The Labute approximate surface area is 133 Å². The predicted octanol–water partition coefficient (Wildman–Crippen LogP) is 4.16. The van der Waals surface area contributed by atoms with Gasteiger partial charge in [0.25, 0.3) is 0 Å². The second-order valence-corrected chi connectivity index (χ2v) is 5.89. The summed E-state index contributed by atoms with van der Waals surface area (Å²) in [6.07, 6.45) is -0.739. The van der Waals surface area contributed by atoms with Crippen LogP contribution in [0.4, 0.5) is 0 Å². The minimum absolute atomic E-state index is 0.656. The van der Waals surface area contributed by atoms with Crippen LogP contribution in [0.2, 0.25) is 0 Å². The highest BCUT2D eigenvalue weighted by Gasteiger charge is 2.18. The van der Waals surface area contributed by atoms with Gasteiger partial charge in [-0.1, -0.05) is 22.0 Å². The lowest BCUT2D eigenvalue weighted by atomic mass is 9.96. The number of hydrogen-bond donors (Lipinski definition) is 1. The van der Waals surface area contributed by atoms with E-state index in [9.17, 15) is 5.11 Å². The van der Waals surface area contributed by atoms with Crippen LogP contribution in [-0.4, -0.2) is 19.3 Å². The Balaban J connectivity index is 2.47. The van der Waals surface area contributed by atoms with Crippen molar-refractivity contribution in [2.75, 3.05) is 14.2 Å². The van der Waals surface area contributed by atoms with Crippen molar-refractivity contribution in [3.05, 3.63) is 57.1 Å². The molecule has 0 aliphatic rings. The molecular formula is C17H19BrO3. The molecule has 0 aliphatic heterocycles. The van der Waals surface area contributed by atoms with Gasteiger partial charge in [0.05, 0.1) is 14.2 Å². The van der Waals surface area contributed by atoms with E-state index in [1.165, 1.54) is 0 Å². The molecule has 0 radical (unpaired) electrons. The monoisotopic (exact) mass is 350 g/mol. The molecule has 0 saturated carbocycles. The number of benzene rings is 2. The molecule has 112 valence electrons. The van der Waals surface area contributed by atoms with Crippen LogP contribution in [0, 0.1) is 13.8 Å². The van der Waals surface area contributed by atoms with E-state index >= 15 is 0 Å². The first kappa shape index (κ1) is 15.9. The van der Waals surface area contributed by atoms with Gasteiger partial charge in [0.2, 0.25) is 0 Å². The molecule has 0 saturated heterocycles. The van der Waals surface area contributed by atoms with Crippen molar-refractivity contribution in [1.29, 1.82) is 0 Å². The fourth-order valence-electron chi connectivity index (χ4n) is 2.55. The number of aryl methyl sites for hydroxylation is 2. The van der Waals surface area contributed by atoms with Crippen molar-refractivity contribution in [2.24, 2.45) is 0 Å². The van der Waals surface area contributed by atoms with E-state index in [0.29, 0.717) is 5.75 Å². The zero-order valence-corrected chi connectivity index (χ0v) is 14.2. The van der Waals surface area contributed by atoms with Gasteiger partial charge >= 0.3 is 0 Å². The summed E-state index contributed by atoms with van der Waals surface area (Å²) in [5, 5.41) is 10.7. The number of ether oxygens (including phenoxy) is 2. The molecule has 1 unspecified atom stereocenters. The Bertz CT molecular complexity index is 629. The topological polar surface area (TPSA) is 38.7 Å². The van der Waals surface area contributed by atoms with Gasteiger partial charge in [0, 0.05) is 10.0 Å². The van der Waals surface area contributed by atoms with Crippen molar-refractivity contribution < 1.29 is 14.6 Å². The fourth-order valence-corrected chi connectivity index (χ4v) is 2.89. The van der Waals surface area contributed by atoms with Crippen molar-refractivity contribution in [3.8, 4) is 11.5 Å². The van der Waals surface area contributed by atoms with Crippen molar-refractivity contribution in [1.82, 2.24) is 0 Å². The molecule has 3 nitrogen and oxygen atoms in total. The Kier molecular flexibility index (Phi) is 4.91. The Morgan fingerprint density at radius 3 is 2.14 bits per heavy atom. The van der Waals surface area contributed by atoms with Crippen LogP contribution in [0.1, 0.15) is 28.4 Å². The van der Waals surface area contributed by atoms with Crippen LogP contribution >= 0.6 is 15.9 Å². The van der Waals surface area contributed by atoms with Crippen LogP contribution in [0.25, 0.3) is 0 Å². The maximum Gasteiger partial charge on any atom is 0.126 e. The molecule has 0 amide bonds. The first-order valence-electron chi connectivity index (χ1n) is 6.64. The van der Waals surface area contributed by atoms with E-state index < -0.39 is 6.10 Å². The Morgan fingerprint density at radius 2 is 1.62 bits per heavy atom. The Morgan fingerprint density at radius 1 is 1.00 bits per heavy atom. The molecular weight excluding hydrogens is 332 g/mol. The van der Waals surface area contributed by atoms with Gasteiger partial charge in [0.1, 0.15) is 17.6 Å². The standard InChI is InChI=1S/C17H19BrO3/c1-10-7-12(8-11(2)17(10)21-4)16(19)14-6-5-13(18)9-15(14)20-3/h5-9,16,19H,1-4H3. The van der Waals surface area contributed by atoms with E-state index in [-0.39, 0.29) is 0 Å². The zero-order chi connectivity index (χ0) is 15.6. The van der Waals surface area contributed by atoms with Crippen molar-refractivity contribution in [2.45, 2.75) is 20.0 Å². The molecule has 0 heterocycles. The minimum Gasteiger partial charge on any atom is -0.496 e. The zero-order valence-electron chi connectivity index (χ0n) is 12.6. The van der Waals surface area contributed by atoms with Gasteiger partial charge in [-0.3, -0.25) is 0 Å². The van der Waals surface area contributed by atoms with E-state index in [0.717, 1.165) is 32.5 Å². The normalized spacial score (nSPS) is 12.1. The third-order valence-electron chi connectivity index (χ3n) is 3.49. The molecule has 21 heavy (non-hydrogen) atoms. The maximum atomic E-state index is 10.7. The number of hydrogen-bond acceptors (Lipinski definition) is 3. The minimum atomic E-state index is -0.739. The highest BCUT2D eigenvalue weighted by atomic mass is 79.9. The summed E-state index contributed by atoms with van der Waals surface area (Å²) in [5.41, 5.74) is 3.57. The van der Waals surface area contributed by atoms with Gasteiger partial charge in [-0.15, -0.1) is 0 Å². The number of methoxy groups -OCH3 is 2. The highest BCUT2D eigenvalue weighted by Crippen LogP contribution is 2.35. The van der Waals surface area contributed by atoms with Crippen molar-refractivity contribution in [3.63, 3.8) is 0 Å².